The van der Waals surface area contributed by atoms with Crippen LogP contribution in [-0.2, 0) is 0 Å². The minimum absolute atomic E-state index is 0.391. The molecule has 4 unspecified atom stereocenters. The molecule has 10 aliphatic heterocycles. The Morgan fingerprint density at radius 1 is 0.246 bits per heavy atom. The Hall–Kier alpha value is -0.760. The molecule has 19 nitrogen and oxygen atoms in total. The van der Waals surface area contributed by atoms with Crippen LogP contribution in [0.15, 0.2) is 0 Å². The Morgan fingerprint density at radius 2 is 0.515 bits per heavy atom. The topological polar surface area (TPSA) is 131 Å². The fraction of sp³-hybridized carbons (Fsp3) is 1.00. The van der Waals surface area contributed by atoms with Gasteiger partial charge in [-0.15, -0.1) is 0 Å². The van der Waals surface area contributed by atoms with Crippen molar-refractivity contribution < 1.29 is 5.11 Å². The Morgan fingerprint density at radius 3 is 0.799 bits per heavy atom. The average Bonchev–Trinajstić information content (AvgIpc) is 1.63. The lowest BCUT2D eigenvalue weighted by molar-refractivity contribution is -0.0613. The van der Waals surface area contributed by atoms with E-state index in [1.165, 1.54) is 214 Å². The third-order valence-corrected chi connectivity index (χ3v) is 31.0. The van der Waals surface area contributed by atoms with Gasteiger partial charge in [-0.05, 0) is 388 Å². The number of rotatable bonds is 32. The van der Waals surface area contributed by atoms with Crippen LogP contribution in [0.2, 0.25) is 0 Å². The summed E-state index contributed by atoms with van der Waals surface area (Å²) in [5.74, 6) is 6.82. The van der Waals surface area contributed by atoms with Crippen LogP contribution in [-0.4, -0.2) is 373 Å². The molecule has 10 heterocycles. The zero-order chi connectivity index (χ0) is 102. The van der Waals surface area contributed by atoms with Gasteiger partial charge in [0.05, 0.1) is 5.60 Å². The molecule has 10 saturated heterocycles. The van der Waals surface area contributed by atoms with Crippen molar-refractivity contribution in [3.05, 3.63) is 0 Å². The molecule has 806 valence electrons. The fourth-order valence-electron chi connectivity index (χ4n) is 20.5. The molecule has 0 amide bonds. The average molecular weight is 1900 g/mol. The van der Waals surface area contributed by atoms with Crippen molar-refractivity contribution in [2.24, 2.45) is 47.3 Å². The zero-order valence-corrected chi connectivity index (χ0v) is 99.0. The molecule has 4 atom stereocenters. The first-order valence-electron chi connectivity index (χ1n) is 57.6. The lowest BCUT2D eigenvalue weighted by Gasteiger charge is -2.42. The summed E-state index contributed by atoms with van der Waals surface area (Å²) in [4.78, 5) is 31.0. The molecule has 7 N–H and O–H groups in total. The van der Waals surface area contributed by atoms with Gasteiger partial charge in [-0.1, -0.05) is 138 Å². The van der Waals surface area contributed by atoms with Crippen molar-refractivity contribution in [3.8, 4) is 0 Å². The summed E-state index contributed by atoms with van der Waals surface area (Å²) < 4.78 is 0. The number of hydrogen-bond acceptors (Lipinski definition) is 19. The van der Waals surface area contributed by atoms with Gasteiger partial charge in [-0.25, -0.2) is 0 Å². The van der Waals surface area contributed by atoms with Crippen molar-refractivity contribution in [3.63, 3.8) is 0 Å². The largest absolute Gasteiger partial charge is 0.390 e. The minimum atomic E-state index is -0.397. The summed E-state index contributed by atoms with van der Waals surface area (Å²) in [5, 5.41) is 30.8. The molecule has 134 heavy (non-hydrogen) atoms. The number of piperidine rings is 5. The first kappa shape index (κ1) is 133. The molecule has 10 rings (SSSR count). The third-order valence-electron chi connectivity index (χ3n) is 31.0. The van der Waals surface area contributed by atoms with Crippen LogP contribution in [0.3, 0.4) is 0 Å². The maximum absolute atomic E-state index is 10.2. The smallest absolute Gasteiger partial charge is 0.0694 e. The van der Waals surface area contributed by atoms with Crippen LogP contribution < -0.4 is 31.9 Å². The van der Waals surface area contributed by atoms with E-state index >= 15 is 0 Å². The summed E-state index contributed by atoms with van der Waals surface area (Å²) in [5.41, 5.74) is -0.397. The molecule has 0 radical (unpaired) electrons. The first-order chi connectivity index (χ1) is 62.5. The summed E-state index contributed by atoms with van der Waals surface area (Å²) in [6.45, 7) is 133. The first-order valence-corrected chi connectivity index (χ1v) is 57.6. The number of nitrogens with zero attached hydrogens (tertiary/aromatic N) is 12. The highest BCUT2D eigenvalue weighted by atomic mass is 16.3. The number of hydrogen-bond donors (Lipinski definition) is 7. The maximum atomic E-state index is 10.2. The predicted molar refractivity (Wildman–Crippen MR) is 599 cm³/mol. The number of likely N-dealkylation sites (tertiary alicyclic amines) is 8. The van der Waals surface area contributed by atoms with Gasteiger partial charge in [0.2, 0.25) is 0 Å². The van der Waals surface area contributed by atoms with Gasteiger partial charge in [0.15, 0.2) is 0 Å². The Labute approximate surface area is 842 Å². The molecule has 0 aromatic rings. The van der Waals surface area contributed by atoms with Crippen LogP contribution in [0.5, 0.6) is 0 Å². The van der Waals surface area contributed by atoms with Gasteiger partial charge in [0.25, 0.3) is 0 Å². The molecule has 19 heteroatoms. The van der Waals surface area contributed by atoms with E-state index in [0.29, 0.717) is 60.3 Å². The monoisotopic (exact) mass is 1900 g/mol. The lowest BCUT2D eigenvalue weighted by atomic mass is 9.81. The van der Waals surface area contributed by atoms with Crippen molar-refractivity contribution in [1.29, 1.82) is 0 Å². The van der Waals surface area contributed by atoms with Crippen LogP contribution in [0.25, 0.3) is 0 Å². The summed E-state index contributed by atoms with van der Waals surface area (Å²) >= 11 is 0. The Balaban J connectivity index is 0.00000145. The molecule has 0 aromatic heterocycles. The number of piperazine rings is 2. The predicted octanol–water partition coefficient (Wildman–Crippen LogP) is 20.9. The van der Waals surface area contributed by atoms with E-state index in [2.05, 4.69) is 395 Å². The van der Waals surface area contributed by atoms with Crippen LogP contribution in [0, 0.1) is 47.3 Å². The SMILES string of the molecule is CC(C)C1CCCN(C(C)C)C1.CC(C)C1CCN(C(C)C)C1.CC(C)C1CCN(C(C)C)CC1.CC(C)N1CC2CC1CN2C(C)C.CC(C)N1CCC(O)(C(C)C)CC1.CC(C)N1CCCN(C(C)C)CC1.CC(C)N1CCN(C(C)C)CC1.CC(C)NC1CCN(C(C)C)CC1.CC(C)NCC1CCN(C(C)C)CC1.CC(C)NCCCNC(C)C.CC(C)NCCNC(C)C. The van der Waals surface area contributed by atoms with Crippen LogP contribution in [0.4, 0.5) is 0 Å². The third kappa shape index (κ3) is 60.9. The van der Waals surface area contributed by atoms with E-state index < -0.39 is 5.60 Å². The van der Waals surface area contributed by atoms with Crippen LogP contribution >= 0.6 is 0 Å². The normalized spacial score (nSPS) is 22.8. The lowest BCUT2D eigenvalue weighted by Crippen LogP contribution is -2.50. The molecule has 0 aliphatic carbocycles. The Bertz CT molecular complexity index is 2480. The molecule has 0 spiro atoms. The zero-order valence-electron chi connectivity index (χ0n) is 99.0. The minimum Gasteiger partial charge on any atom is -0.390 e. The second kappa shape index (κ2) is 74.2. The highest BCUT2D eigenvalue weighted by Gasteiger charge is 2.45. The summed E-state index contributed by atoms with van der Waals surface area (Å²) in [6, 6.07) is 14.9. The van der Waals surface area contributed by atoms with Crippen molar-refractivity contribution >= 4 is 0 Å². The molecule has 10 fully saturated rings. The molecular formula is C115H250N18O. The quantitative estimate of drug-likeness (QED) is 0.0322. The molecule has 0 saturated carbocycles. The van der Waals surface area contributed by atoms with E-state index in [-0.39, 0.29) is 0 Å². The van der Waals surface area contributed by atoms with E-state index in [0.717, 1.165) is 166 Å². The molecule has 2 bridgehead atoms. The molecular weight excluding hydrogens is 1650 g/mol. The van der Waals surface area contributed by atoms with Crippen LogP contribution in [0.1, 0.15) is 395 Å². The van der Waals surface area contributed by atoms with Gasteiger partial charge in [0, 0.05) is 219 Å². The van der Waals surface area contributed by atoms with E-state index in [1.54, 1.807) is 0 Å². The molecule has 10 aliphatic rings. The van der Waals surface area contributed by atoms with E-state index in [4.69, 9.17) is 0 Å². The van der Waals surface area contributed by atoms with Gasteiger partial charge >= 0.3 is 0 Å². The second-order valence-corrected chi connectivity index (χ2v) is 49.4. The number of nitrogens with one attached hydrogen (secondary N) is 6. The van der Waals surface area contributed by atoms with E-state index in [1.807, 2.05) is 0 Å². The van der Waals surface area contributed by atoms with Gasteiger partial charge in [0.1, 0.15) is 0 Å². The highest BCUT2D eigenvalue weighted by Crippen LogP contribution is 2.35. The van der Waals surface area contributed by atoms with Gasteiger partial charge in [-0.2, -0.15) is 0 Å². The highest BCUT2D eigenvalue weighted by molar-refractivity contribution is 5.02. The number of fused-ring (bicyclic) bond motifs is 2. The summed E-state index contributed by atoms with van der Waals surface area (Å²) in [6.07, 6.45) is 18.3. The standard InChI is InChI=1S/C12H26N2.C11H22N2.2C11H24N2.C11H23NO.2C11H23N.C10H22N2.C10H21N.C9H22N2.C8H20N2/c1-10(2)13-9-12-5-7-14(8-6-12)11(3)4;1-8(2)12-6-11-5-10(12)7-13(11)9(3)4;1-9(2)12-11-5-7-13(8-6-11)10(3)4;1-10(2)12-6-5-7-13(9-8-12)11(3)4;1-9(2)11(13)5-7-12(8-6-11)10(3)4;1-9(2)11-5-7-12(8-6-11)10(3)4;1-9(2)11-6-5-7-12(8-11)10(3)4;1-9(2)11-5-7-12(8-6-11)10(3)4;1-8(2)10-5-6-11(7-10)9(3)4;1-8(2)10-6-5-7-11-9(3)4;1-7(2)9-5-6-10-8(3)4/h10-13H,5-9H2,1-4H3;8-11H,5-7H2,1-4H3;9-12H,5-8H2,1-4H3;10-11H,5-9H2,1-4H3;9-10,13H,5-8H2,1-4H3;2*9-11H,5-8H2,1-4H3;9-10H,5-8H2,1-4H3;8-10H,5-7H2,1-4H3;8-11H,5-7H2,1-4H3;7-10H,5-6H2,1-4H3. The van der Waals surface area contributed by atoms with Crippen molar-refractivity contribution in [2.75, 3.05) is 177 Å². The van der Waals surface area contributed by atoms with Gasteiger partial charge in [-0.3, -0.25) is 29.4 Å². The Kier molecular flexibility index (Phi) is 73.7. The second-order valence-electron chi connectivity index (χ2n) is 49.4. The summed E-state index contributed by atoms with van der Waals surface area (Å²) in [7, 11) is 0. The number of aliphatic hydroxyl groups is 1. The maximum Gasteiger partial charge on any atom is 0.0694 e. The fourth-order valence-corrected chi connectivity index (χ4v) is 20.5. The van der Waals surface area contributed by atoms with Gasteiger partial charge < -0.3 is 66.4 Å². The van der Waals surface area contributed by atoms with E-state index in [9.17, 15) is 5.11 Å². The van der Waals surface area contributed by atoms with Crippen molar-refractivity contribution in [2.45, 2.75) is 527 Å². The molecule has 0 aromatic carbocycles. The van der Waals surface area contributed by atoms with Crippen molar-refractivity contribution in [1.82, 2.24) is 90.7 Å².